The second-order valence-corrected chi connectivity index (χ2v) is 7.29. The monoisotopic (exact) mass is 376 g/mol. The third-order valence-electron chi connectivity index (χ3n) is 5.40. The SMILES string of the molecule is c1ccc(-c2nc(N3CCCCC3)c3cnc(N4CCOCC4)nc3n2)cc1. The smallest absolute Gasteiger partial charge is 0.227 e. The highest BCUT2D eigenvalue weighted by molar-refractivity contribution is 5.88. The van der Waals surface area contributed by atoms with Gasteiger partial charge in [0.25, 0.3) is 0 Å². The topological polar surface area (TPSA) is 67.3 Å². The Hall–Kier alpha value is -2.80. The summed E-state index contributed by atoms with van der Waals surface area (Å²) < 4.78 is 5.45. The predicted octanol–water partition coefficient (Wildman–Crippen LogP) is 2.91. The van der Waals surface area contributed by atoms with Gasteiger partial charge in [0.2, 0.25) is 5.95 Å². The van der Waals surface area contributed by atoms with Crippen molar-refractivity contribution in [2.45, 2.75) is 19.3 Å². The average molecular weight is 376 g/mol. The number of rotatable bonds is 3. The van der Waals surface area contributed by atoms with Crippen LogP contribution in [0.3, 0.4) is 0 Å². The van der Waals surface area contributed by atoms with E-state index in [1.54, 1.807) is 0 Å². The first-order valence-corrected chi connectivity index (χ1v) is 10.1. The number of hydrogen-bond donors (Lipinski definition) is 0. The Bertz CT molecular complexity index is 952. The molecule has 0 unspecified atom stereocenters. The minimum absolute atomic E-state index is 0.708. The molecule has 0 radical (unpaired) electrons. The molecule has 0 spiro atoms. The van der Waals surface area contributed by atoms with Crippen LogP contribution in [0.2, 0.25) is 0 Å². The molecule has 2 saturated heterocycles. The Kier molecular flexibility index (Phi) is 4.74. The molecule has 7 heteroatoms. The number of anilines is 2. The molecule has 2 fully saturated rings. The van der Waals surface area contributed by atoms with Crippen molar-refractivity contribution in [2.24, 2.45) is 0 Å². The van der Waals surface area contributed by atoms with Gasteiger partial charge in [0.15, 0.2) is 11.5 Å². The maximum atomic E-state index is 5.45. The summed E-state index contributed by atoms with van der Waals surface area (Å²) in [6.45, 7) is 5.07. The lowest BCUT2D eigenvalue weighted by molar-refractivity contribution is 0.122. The van der Waals surface area contributed by atoms with Crippen LogP contribution in [0.15, 0.2) is 36.5 Å². The van der Waals surface area contributed by atoms with Crippen LogP contribution in [0.5, 0.6) is 0 Å². The lowest BCUT2D eigenvalue weighted by Crippen LogP contribution is -2.37. The molecule has 5 rings (SSSR count). The minimum Gasteiger partial charge on any atom is -0.378 e. The van der Waals surface area contributed by atoms with Crippen molar-refractivity contribution in [1.82, 2.24) is 19.9 Å². The molecule has 0 N–H and O–H groups in total. The zero-order valence-electron chi connectivity index (χ0n) is 15.9. The molecule has 0 atom stereocenters. The molecule has 3 aromatic rings. The van der Waals surface area contributed by atoms with Crippen molar-refractivity contribution >= 4 is 22.8 Å². The van der Waals surface area contributed by atoms with Crippen molar-refractivity contribution in [3.8, 4) is 11.4 Å². The van der Waals surface area contributed by atoms with E-state index >= 15 is 0 Å². The summed E-state index contributed by atoms with van der Waals surface area (Å²) in [5.41, 5.74) is 1.72. The molecule has 0 bridgehead atoms. The third-order valence-corrected chi connectivity index (χ3v) is 5.40. The predicted molar refractivity (Wildman–Crippen MR) is 110 cm³/mol. The lowest BCUT2D eigenvalue weighted by Gasteiger charge is -2.29. The van der Waals surface area contributed by atoms with E-state index in [4.69, 9.17) is 19.7 Å². The number of hydrogen-bond acceptors (Lipinski definition) is 7. The summed E-state index contributed by atoms with van der Waals surface area (Å²) in [6.07, 6.45) is 5.56. The highest BCUT2D eigenvalue weighted by Crippen LogP contribution is 2.29. The van der Waals surface area contributed by atoms with Gasteiger partial charge in [-0.3, -0.25) is 0 Å². The van der Waals surface area contributed by atoms with E-state index in [2.05, 4.69) is 14.8 Å². The number of aromatic nitrogens is 4. The third kappa shape index (κ3) is 3.38. The van der Waals surface area contributed by atoms with E-state index in [0.717, 1.165) is 54.7 Å². The summed E-state index contributed by atoms with van der Waals surface area (Å²) in [4.78, 5) is 23.7. The van der Waals surface area contributed by atoms with Crippen molar-refractivity contribution in [3.05, 3.63) is 36.5 Å². The van der Waals surface area contributed by atoms with Crippen LogP contribution in [-0.2, 0) is 4.74 Å². The summed E-state index contributed by atoms with van der Waals surface area (Å²) in [5.74, 6) is 2.40. The van der Waals surface area contributed by atoms with Gasteiger partial charge < -0.3 is 14.5 Å². The van der Waals surface area contributed by atoms with Crippen molar-refractivity contribution < 1.29 is 4.74 Å². The number of nitrogens with zero attached hydrogens (tertiary/aromatic N) is 6. The molecule has 0 amide bonds. The maximum absolute atomic E-state index is 5.45. The first-order chi connectivity index (χ1) is 13.9. The van der Waals surface area contributed by atoms with Crippen LogP contribution in [0.25, 0.3) is 22.4 Å². The second-order valence-electron chi connectivity index (χ2n) is 7.29. The molecule has 4 heterocycles. The van der Waals surface area contributed by atoms with E-state index in [0.29, 0.717) is 18.9 Å². The summed E-state index contributed by atoms with van der Waals surface area (Å²) >= 11 is 0. The molecule has 28 heavy (non-hydrogen) atoms. The Balaban J connectivity index is 1.63. The molecular weight excluding hydrogens is 352 g/mol. The van der Waals surface area contributed by atoms with E-state index in [9.17, 15) is 0 Å². The van der Waals surface area contributed by atoms with Crippen molar-refractivity contribution in [3.63, 3.8) is 0 Å². The molecular formula is C21H24N6O. The Morgan fingerprint density at radius 2 is 1.57 bits per heavy atom. The fourth-order valence-electron chi connectivity index (χ4n) is 3.87. The summed E-state index contributed by atoms with van der Waals surface area (Å²) in [5, 5.41) is 0.929. The molecule has 2 aliphatic heterocycles. The molecule has 2 aromatic heterocycles. The molecule has 1 aromatic carbocycles. The molecule has 0 saturated carbocycles. The van der Waals surface area contributed by atoms with Gasteiger partial charge in [-0.15, -0.1) is 0 Å². The highest BCUT2D eigenvalue weighted by Gasteiger charge is 2.21. The molecule has 144 valence electrons. The van der Waals surface area contributed by atoms with Crippen molar-refractivity contribution in [2.75, 3.05) is 49.2 Å². The van der Waals surface area contributed by atoms with Gasteiger partial charge in [-0.25, -0.2) is 15.0 Å². The lowest BCUT2D eigenvalue weighted by atomic mass is 10.1. The Labute approximate surface area is 164 Å². The zero-order chi connectivity index (χ0) is 18.8. The number of morpholine rings is 1. The van der Waals surface area contributed by atoms with Gasteiger partial charge in [0, 0.05) is 37.9 Å². The highest BCUT2D eigenvalue weighted by atomic mass is 16.5. The number of piperidine rings is 1. The van der Waals surface area contributed by atoms with E-state index < -0.39 is 0 Å². The number of ether oxygens (including phenoxy) is 1. The van der Waals surface area contributed by atoms with E-state index in [-0.39, 0.29) is 0 Å². The number of benzene rings is 1. The van der Waals surface area contributed by atoms with Crippen LogP contribution < -0.4 is 9.80 Å². The van der Waals surface area contributed by atoms with Crippen LogP contribution in [0.1, 0.15) is 19.3 Å². The van der Waals surface area contributed by atoms with Crippen LogP contribution in [0.4, 0.5) is 11.8 Å². The Morgan fingerprint density at radius 3 is 2.36 bits per heavy atom. The van der Waals surface area contributed by atoms with Crippen LogP contribution in [0, 0.1) is 0 Å². The van der Waals surface area contributed by atoms with Gasteiger partial charge in [0.1, 0.15) is 5.82 Å². The van der Waals surface area contributed by atoms with Gasteiger partial charge in [-0.05, 0) is 19.3 Å². The minimum atomic E-state index is 0.708. The van der Waals surface area contributed by atoms with E-state index in [1.165, 1.54) is 19.3 Å². The fraction of sp³-hybridized carbons (Fsp3) is 0.429. The fourth-order valence-corrected chi connectivity index (χ4v) is 3.87. The van der Waals surface area contributed by atoms with Crippen LogP contribution >= 0.6 is 0 Å². The van der Waals surface area contributed by atoms with Crippen LogP contribution in [-0.4, -0.2) is 59.3 Å². The molecule has 2 aliphatic rings. The summed E-state index contributed by atoms with van der Waals surface area (Å²) in [6, 6.07) is 10.1. The first kappa shape index (κ1) is 17.3. The molecule has 0 aliphatic carbocycles. The average Bonchev–Trinajstić information content (AvgIpc) is 2.79. The largest absolute Gasteiger partial charge is 0.378 e. The Morgan fingerprint density at radius 1 is 0.786 bits per heavy atom. The van der Waals surface area contributed by atoms with Gasteiger partial charge in [-0.2, -0.15) is 4.98 Å². The quantitative estimate of drug-likeness (QED) is 0.696. The summed E-state index contributed by atoms with van der Waals surface area (Å²) in [7, 11) is 0. The van der Waals surface area contributed by atoms with E-state index in [1.807, 2.05) is 36.5 Å². The zero-order valence-corrected chi connectivity index (χ0v) is 15.9. The van der Waals surface area contributed by atoms with Gasteiger partial charge in [-0.1, -0.05) is 30.3 Å². The number of fused-ring (bicyclic) bond motifs is 1. The molecule has 7 nitrogen and oxygen atoms in total. The van der Waals surface area contributed by atoms with Crippen molar-refractivity contribution in [1.29, 1.82) is 0 Å². The standard InChI is InChI=1S/C21H24N6O/c1-3-7-16(8-4-1)18-23-19-17(20(24-18)26-9-5-2-6-10-26)15-22-21(25-19)27-11-13-28-14-12-27/h1,3-4,7-8,15H,2,5-6,9-14H2. The normalized spacial score (nSPS) is 17.9. The van der Waals surface area contributed by atoms with Gasteiger partial charge >= 0.3 is 0 Å². The second kappa shape index (κ2) is 7.67. The first-order valence-electron chi connectivity index (χ1n) is 10.1. The maximum Gasteiger partial charge on any atom is 0.227 e. The van der Waals surface area contributed by atoms with Gasteiger partial charge in [0.05, 0.1) is 18.6 Å².